The molecule has 0 radical (unpaired) electrons. The molecular formula is C31H37F2N5O4S. The van der Waals surface area contributed by atoms with Gasteiger partial charge >= 0.3 is 0 Å². The smallest absolute Gasteiger partial charge is 0.257 e. The number of aromatic nitrogens is 2. The maximum atomic E-state index is 14.0. The normalized spacial score (nSPS) is 20.5. The Morgan fingerprint density at radius 2 is 1.65 bits per heavy atom. The minimum absolute atomic E-state index is 0.0712. The van der Waals surface area contributed by atoms with Gasteiger partial charge in [0.05, 0.1) is 40.3 Å². The SMILES string of the molecule is CCS(=O)(=O)Nc1ccc(C(=O)Nc2ccc(-n3ccnc3)c(C3(O)CCC(F)(F)CC3)c2)c(N2CCC3(CC2)CC3)c1. The van der Waals surface area contributed by atoms with Crippen molar-refractivity contribution in [2.75, 3.05) is 33.8 Å². The quantitative estimate of drug-likeness (QED) is 0.302. The molecule has 2 saturated carbocycles. The Morgan fingerprint density at radius 1 is 0.953 bits per heavy atom. The second-order valence-electron chi connectivity index (χ2n) is 12.3. The van der Waals surface area contributed by atoms with Crippen molar-refractivity contribution in [2.24, 2.45) is 5.41 Å². The van der Waals surface area contributed by atoms with Gasteiger partial charge in [-0.1, -0.05) is 0 Å². The van der Waals surface area contributed by atoms with Crippen LogP contribution in [0.1, 0.15) is 74.2 Å². The molecule has 230 valence electrons. The van der Waals surface area contributed by atoms with Crippen molar-refractivity contribution in [2.45, 2.75) is 69.8 Å². The van der Waals surface area contributed by atoms with Crippen LogP contribution in [0, 0.1) is 5.41 Å². The van der Waals surface area contributed by atoms with Gasteiger partial charge in [0.15, 0.2) is 0 Å². The molecule has 1 aromatic heterocycles. The van der Waals surface area contributed by atoms with Crippen LogP contribution >= 0.6 is 0 Å². The minimum atomic E-state index is -3.51. The molecular weight excluding hydrogens is 576 g/mol. The number of nitrogens with zero attached hydrogens (tertiary/aromatic N) is 3. The monoisotopic (exact) mass is 613 g/mol. The highest BCUT2D eigenvalue weighted by molar-refractivity contribution is 7.92. The molecule has 3 aliphatic rings. The number of anilines is 3. The molecule has 6 rings (SSSR count). The number of alkyl halides is 2. The van der Waals surface area contributed by atoms with Gasteiger partial charge in [-0.05, 0) is 87.3 Å². The Bertz CT molecular complexity index is 1600. The molecule has 9 nitrogen and oxygen atoms in total. The summed E-state index contributed by atoms with van der Waals surface area (Å²) in [6.45, 7) is 3.10. The number of carbonyl (C=O) groups is 1. The first-order valence-corrected chi connectivity index (χ1v) is 16.5. The zero-order valence-electron chi connectivity index (χ0n) is 24.2. The van der Waals surface area contributed by atoms with Gasteiger partial charge in [0.1, 0.15) is 0 Å². The van der Waals surface area contributed by atoms with Gasteiger partial charge in [0.25, 0.3) is 5.91 Å². The van der Waals surface area contributed by atoms with E-state index in [9.17, 15) is 27.1 Å². The first-order chi connectivity index (χ1) is 20.4. The molecule has 0 bridgehead atoms. The predicted octanol–water partition coefficient (Wildman–Crippen LogP) is 5.66. The zero-order valence-corrected chi connectivity index (χ0v) is 25.0. The van der Waals surface area contributed by atoms with Gasteiger partial charge in [-0.3, -0.25) is 9.52 Å². The average molecular weight is 614 g/mol. The third-order valence-corrected chi connectivity index (χ3v) is 10.7. The van der Waals surface area contributed by atoms with Crippen molar-refractivity contribution in [1.29, 1.82) is 0 Å². The summed E-state index contributed by atoms with van der Waals surface area (Å²) in [5.74, 6) is -3.29. The Hall–Kier alpha value is -3.51. The van der Waals surface area contributed by atoms with Gasteiger partial charge in [0.2, 0.25) is 15.9 Å². The molecule has 3 fully saturated rings. The highest BCUT2D eigenvalue weighted by Crippen LogP contribution is 2.54. The molecule has 0 unspecified atom stereocenters. The lowest BCUT2D eigenvalue weighted by atomic mass is 9.77. The van der Waals surface area contributed by atoms with Crippen molar-refractivity contribution < 1.29 is 27.1 Å². The lowest BCUT2D eigenvalue weighted by Gasteiger charge is -2.37. The van der Waals surface area contributed by atoms with E-state index in [0.717, 1.165) is 25.9 Å². The van der Waals surface area contributed by atoms with Gasteiger partial charge in [-0.2, -0.15) is 0 Å². The van der Waals surface area contributed by atoms with E-state index in [-0.39, 0.29) is 18.6 Å². The Morgan fingerprint density at radius 3 is 2.28 bits per heavy atom. The summed E-state index contributed by atoms with van der Waals surface area (Å²) >= 11 is 0. The van der Waals surface area contributed by atoms with Crippen LogP contribution in [0.2, 0.25) is 0 Å². The summed E-state index contributed by atoms with van der Waals surface area (Å²) in [5, 5.41) is 14.5. The van der Waals surface area contributed by atoms with E-state index in [2.05, 4.69) is 19.9 Å². The van der Waals surface area contributed by atoms with Crippen LogP contribution in [0.4, 0.5) is 25.8 Å². The number of piperidine rings is 1. The number of carbonyl (C=O) groups excluding carboxylic acids is 1. The Kier molecular flexibility index (Phi) is 7.48. The summed E-state index contributed by atoms with van der Waals surface area (Å²) < 4.78 is 56.9. The van der Waals surface area contributed by atoms with Crippen molar-refractivity contribution in [3.8, 4) is 5.69 Å². The third-order valence-electron chi connectivity index (χ3n) is 9.36. The van der Waals surface area contributed by atoms with E-state index in [4.69, 9.17) is 0 Å². The van der Waals surface area contributed by atoms with Crippen molar-refractivity contribution >= 4 is 33.0 Å². The standard InChI is InChI=1S/C31H37F2N5O4S/c1-2-43(41,42)36-23-3-5-24(27(20-23)37-16-13-29(7-8-29)14-17-37)28(39)35-22-4-6-26(38-18-15-34-21-38)25(19-22)30(40)9-11-31(32,33)12-10-30/h3-6,15,18-21,36,40H,2,7-14,16-17H2,1H3,(H,35,39). The molecule has 0 atom stereocenters. The van der Waals surface area contributed by atoms with Gasteiger partial charge in [-0.15, -0.1) is 0 Å². The van der Waals surface area contributed by atoms with Crippen LogP contribution in [0.3, 0.4) is 0 Å². The lowest BCUT2D eigenvalue weighted by molar-refractivity contribution is -0.106. The number of hydrogen-bond donors (Lipinski definition) is 3. The second kappa shape index (κ2) is 10.9. The fourth-order valence-corrected chi connectivity index (χ4v) is 6.94. The van der Waals surface area contributed by atoms with Gasteiger partial charge in [0, 0.05) is 49.6 Å². The fourth-order valence-electron chi connectivity index (χ4n) is 6.31. The lowest BCUT2D eigenvalue weighted by Crippen LogP contribution is -2.37. The van der Waals surface area contributed by atoms with Crippen molar-refractivity contribution in [3.05, 3.63) is 66.2 Å². The molecule has 1 amide bonds. The fraction of sp³-hybridized carbons (Fsp3) is 0.484. The molecule has 3 aromatic rings. The van der Waals surface area contributed by atoms with E-state index in [1.807, 2.05) is 0 Å². The molecule has 43 heavy (non-hydrogen) atoms. The second-order valence-corrected chi connectivity index (χ2v) is 14.3. The number of benzene rings is 2. The Labute approximate surface area is 250 Å². The Balaban J connectivity index is 1.31. The van der Waals surface area contributed by atoms with E-state index in [0.29, 0.717) is 39.3 Å². The predicted molar refractivity (Wildman–Crippen MR) is 161 cm³/mol. The summed E-state index contributed by atoms with van der Waals surface area (Å²) in [6, 6.07) is 10.0. The van der Waals surface area contributed by atoms with Crippen molar-refractivity contribution in [3.63, 3.8) is 0 Å². The number of nitrogens with one attached hydrogen (secondary N) is 2. The van der Waals surface area contributed by atoms with E-state index in [1.165, 1.54) is 12.8 Å². The van der Waals surface area contributed by atoms with Crippen LogP contribution in [0.5, 0.6) is 0 Å². The molecule has 2 aliphatic carbocycles. The summed E-state index contributed by atoms with van der Waals surface area (Å²) in [5.41, 5.74) is 1.79. The summed E-state index contributed by atoms with van der Waals surface area (Å²) in [6.07, 6.45) is 8.28. The van der Waals surface area contributed by atoms with E-state index >= 15 is 0 Å². The number of halogens is 2. The molecule has 1 spiro atoms. The number of imidazole rings is 1. The molecule has 1 aliphatic heterocycles. The van der Waals surface area contributed by atoms with Crippen LogP contribution in [-0.4, -0.2) is 53.7 Å². The molecule has 2 heterocycles. The van der Waals surface area contributed by atoms with Gasteiger partial charge < -0.3 is 19.9 Å². The summed E-state index contributed by atoms with van der Waals surface area (Å²) in [4.78, 5) is 20.0. The van der Waals surface area contributed by atoms with Crippen molar-refractivity contribution in [1.82, 2.24) is 9.55 Å². The van der Waals surface area contributed by atoms with E-state index in [1.54, 1.807) is 66.6 Å². The highest BCUT2D eigenvalue weighted by Gasteiger charge is 2.45. The van der Waals surface area contributed by atoms with Gasteiger partial charge in [-0.25, -0.2) is 22.2 Å². The summed E-state index contributed by atoms with van der Waals surface area (Å²) in [7, 11) is -3.51. The molecule has 1 saturated heterocycles. The third kappa shape index (κ3) is 6.26. The molecule has 3 N–H and O–H groups in total. The average Bonchev–Trinajstić information content (AvgIpc) is 3.50. The first-order valence-electron chi connectivity index (χ1n) is 14.8. The van der Waals surface area contributed by atoms with E-state index < -0.39 is 40.3 Å². The minimum Gasteiger partial charge on any atom is -0.385 e. The molecule has 12 heteroatoms. The number of aliphatic hydroxyl groups is 1. The maximum absolute atomic E-state index is 14.0. The maximum Gasteiger partial charge on any atom is 0.257 e. The number of sulfonamides is 1. The van der Waals surface area contributed by atoms with Crippen LogP contribution in [0.15, 0.2) is 55.1 Å². The zero-order chi connectivity index (χ0) is 30.5. The molecule has 2 aromatic carbocycles. The topological polar surface area (TPSA) is 117 Å². The van der Waals surface area contributed by atoms with Crippen LogP contribution in [-0.2, 0) is 15.6 Å². The largest absolute Gasteiger partial charge is 0.385 e. The number of rotatable bonds is 8. The number of hydrogen-bond acceptors (Lipinski definition) is 6. The van der Waals surface area contributed by atoms with Crippen LogP contribution in [0.25, 0.3) is 5.69 Å². The first kappa shape index (κ1) is 29.6. The number of amides is 1. The van der Waals surface area contributed by atoms with Crippen LogP contribution < -0.4 is 14.9 Å². The highest BCUT2D eigenvalue weighted by atomic mass is 32.2.